The highest BCUT2D eigenvalue weighted by Gasteiger charge is 2.47. The zero-order valence-corrected chi connectivity index (χ0v) is 23.5. The Morgan fingerprint density at radius 3 is 2.54 bits per heavy atom. The van der Waals surface area contributed by atoms with E-state index in [-0.39, 0.29) is 16.4 Å². The summed E-state index contributed by atoms with van der Waals surface area (Å²) in [4.78, 5) is 19.4. The molecule has 1 aromatic carbocycles. The van der Waals surface area contributed by atoms with E-state index in [1.807, 2.05) is 49.4 Å². The average molecular weight is 548 g/mol. The number of ether oxygens (including phenoxy) is 1. The van der Waals surface area contributed by atoms with Crippen molar-refractivity contribution in [3.8, 4) is 11.3 Å². The fourth-order valence-corrected chi connectivity index (χ4v) is 7.43. The number of rotatable bonds is 4. The fourth-order valence-electron chi connectivity index (χ4n) is 5.85. The number of carbonyl (C=O) groups excluding carboxylic acids is 1. The van der Waals surface area contributed by atoms with Gasteiger partial charge in [0.15, 0.2) is 5.65 Å². The quantitative estimate of drug-likeness (QED) is 0.357. The second-order valence-corrected chi connectivity index (χ2v) is 13.3. The topological polar surface area (TPSA) is 99.3 Å². The number of hydrogen-bond acceptors (Lipinski definition) is 6. The van der Waals surface area contributed by atoms with Crippen LogP contribution in [0.15, 0.2) is 59.6 Å². The van der Waals surface area contributed by atoms with Crippen molar-refractivity contribution in [1.82, 2.24) is 23.6 Å². The van der Waals surface area contributed by atoms with Gasteiger partial charge in [0.25, 0.3) is 10.0 Å². The number of carbonyl (C=O) groups is 1. The molecule has 1 saturated heterocycles. The van der Waals surface area contributed by atoms with Gasteiger partial charge in [-0.3, -0.25) is 4.68 Å². The lowest BCUT2D eigenvalue weighted by Crippen LogP contribution is -2.37. The Hall–Kier alpha value is -3.66. The third kappa shape index (κ3) is 4.30. The second-order valence-electron chi connectivity index (χ2n) is 11.5. The van der Waals surface area contributed by atoms with E-state index in [0.717, 1.165) is 41.7 Å². The van der Waals surface area contributed by atoms with Crippen molar-refractivity contribution in [3.05, 3.63) is 66.1 Å². The van der Waals surface area contributed by atoms with Crippen LogP contribution >= 0.6 is 0 Å². The molecule has 6 rings (SSSR count). The Morgan fingerprint density at radius 1 is 1.08 bits per heavy atom. The predicted octanol–water partition coefficient (Wildman–Crippen LogP) is 4.98. The molecule has 0 bridgehead atoms. The largest absolute Gasteiger partial charge is 0.444 e. The number of likely N-dealkylation sites (tertiary alicyclic amines) is 1. The standard InChI is InChI=1S/C29H33N5O4S/c1-5-22-16-20-15-21(18-30-26(20)34(22)39(36,37)23-9-7-6-8-10-23)24-17-25-29(12-14-33(25)31-24)11-13-32(19-29)27(35)38-28(2,3)4/h6-10,15-18H,5,11-14,19H2,1-4H3. The van der Waals surface area contributed by atoms with Crippen molar-refractivity contribution in [3.63, 3.8) is 0 Å². The molecule has 10 heteroatoms. The van der Waals surface area contributed by atoms with E-state index < -0.39 is 15.6 Å². The summed E-state index contributed by atoms with van der Waals surface area (Å²) in [6.45, 7) is 9.65. The second kappa shape index (κ2) is 8.94. The number of pyridine rings is 1. The summed E-state index contributed by atoms with van der Waals surface area (Å²) in [7, 11) is -3.79. The molecule has 1 amide bonds. The SMILES string of the molecule is CCc1cc2cc(-c3cc4n(n3)CCC43CCN(C(=O)OC(C)(C)C)C3)cnc2n1S(=O)(=O)c1ccccc1. The van der Waals surface area contributed by atoms with Gasteiger partial charge in [0, 0.05) is 53.6 Å². The summed E-state index contributed by atoms with van der Waals surface area (Å²) in [6.07, 6.45) is 3.79. The molecular formula is C29H33N5O4S. The summed E-state index contributed by atoms with van der Waals surface area (Å²) in [5.74, 6) is 0. The minimum Gasteiger partial charge on any atom is -0.444 e. The number of hydrogen-bond donors (Lipinski definition) is 0. The van der Waals surface area contributed by atoms with Crippen LogP contribution in [0, 0.1) is 0 Å². The number of aromatic nitrogens is 4. The van der Waals surface area contributed by atoms with Crippen LogP contribution in [0.1, 0.15) is 51.9 Å². The molecule has 0 aliphatic carbocycles. The summed E-state index contributed by atoms with van der Waals surface area (Å²) < 4.78 is 36.0. The lowest BCUT2D eigenvalue weighted by atomic mass is 9.82. The van der Waals surface area contributed by atoms with E-state index in [1.54, 1.807) is 36.5 Å². The molecule has 2 aliphatic rings. The summed E-state index contributed by atoms with van der Waals surface area (Å²) >= 11 is 0. The Morgan fingerprint density at radius 2 is 1.82 bits per heavy atom. The minimum absolute atomic E-state index is 0.137. The zero-order chi connectivity index (χ0) is 27.6. The van der Waals surface area contributed by atoms with Gasteiger partial charge in [-0.1, -0.05) is 25.1 Å². The molecule has 4 aromatic rings. The lowest BCUT2D eigenvalue weighted by molar-refractivity contribution is 0.0284. The molecule has 204 valence electrons. The molecule has 1 spiro atoms. The van der Waals surface area contributed by atoms with Gasteiger partial charge >= 0.3 is 6.09 Å². The first-order valence-corrected chi connectivity index (χ1v) is 14.8. The van der Waals surface area contributed by atoms with Crippen molar-refractivity contribution in [2.24, 2.45) is 0 Å². The van der Waals surface area contributed by atoms with Gasteiger partial charge in [-0.15, -0.1) is 0 Å². The Labute approximate surface area is 228 Å². The molecule has 1 fully saturated rings. The van der Waals surface area contributed by atoms with Gasteiger partial charge in [-0.25, -0.2) is 22.2 Å². The highest BCUT2D eigenvalue weighted by atomic mass is 32.2. The Kier molecular flexibility index (Phi) is 5.87. The minimum atomic E-state index is -3.79. The van der Waals surface area contributed by atoms with Gasteiger partial charge in [0.2, 0.25) is 0 Å². The Balaban J connectivity index is 1.33. The van der Waals surface area contributed by atoms with Gasteiger partial charge in [0.1, 0.15) is 5.60 Å². The van der Waals surface area contributed by atoms with Gasteiger partial charge in [0.05, 0.1) is 10.6 Å². The fraction of sp³-hybridized carbons (Fsp3) is 0.414. The molecular weight excluding hydrogens is 514 g/mol. The van der Waals surface area contributed by atoms with E-state index in [2.05, 4.69) is 11.1 Å². The third-order valence-corrected chi connectivity index (χ3v) is 9.50. The third-order valence-electron chi connectivity index (χ3n) is 7.74. The first-order valence-electron chi connectivity index (χ1n) is 13.4. The maximum Gasteiger partial charge on any atom is 0.410 e. The van der Waals surface area contributed by atoms with Gasteiger partial charge in [-0.05, 0) is 70.4 Å². The molecule has 1 unspecified atom stereocenters. The smallest absolute Gasteiger partial charge is 0.410 e. The molecule has 39 heavy (non-hydrogen) atoms. The van der Waals surface area contributed by atoms with E-state index in [4.69, 9.17) is 9.84 Å². The monoisotopic (exact) mass is 547 g/mol. The molecule has 0 radical (unpaired) electrons. The van der Waals surface area contributed by atoms with Crippen molar-refractivity contribution in [1.29, 1.82) is 0 Å². The van der Waals surface area contributed by atoms with Crippen LogP contribution < -0.4 is 0 Å². The molecule has 5 heterocycles. The van der Waals surface area contributed by atoms with Crippen LogP contribution in [-0.2, 0) is 33.1 Å². The number of aryl methyl sites for hydroxylation is 2. The summed E-state index contributed by atoms with van der Waals surface area (Å²) in [5, 5.41) is 5.63. The number of nitrogens with zero attached hydrogens (tertiary/aromatic N) is 5. The molecule has 0 N–H and O–H groups in total. The van der Waals surface area contributed by atoms with Crippen LogP contribution in [0.25, 0.3) is 22.3 Å². The number of benzene rings is 1. The van der Waals surface area contributed by atoms with Crippen LogP contribution in [0.2, 0.25) is 0 Å². The first kappa shape index (κ1) is 25.6. The first-order chi connectivity index (χ1) is 18.5. The average Bonchev–Trinajstić information content (AvgIpc) is 3.66. The maximum atomic E-state index is 13.5. The highest BCUT2D eigenvalue weighted by molar-refractivity contribution is 7.90. The molecule has 1 atom stereocenters. The van der Waals surface area contributed by atoms with Crippen molar-refractivity contribution in [2.75, 3.05) is 13.1 Å². The lowest BCUT2D eigenvalue weighted by Gasteiger charge is -2.26. The van der Waals surface area contributed by atoms with Gasteiger partial charge < -0.3 is 9.64 Å². The zero-order valence-electron chi connectivity index (χ0n) is 22.7. The molecule has 9 nitrogen and oxygen atoms in total. The predicted molar refractivity (Wildman–Crippen MR) is 148 cm³/mol. The van der Waals surface area contributed by atoms with E-state index in [0.29, 0.717) is 30.9 Å². The van der Waals surface area contributed by atoms with E-state index >= 15 is 0 Å². The summed E-state index contributed by atoms with van der Waals surface area (Å²) in [6, 6.07) is 14.4. The van der Waals surface area contributed by atoms with E-state index in [1.165, 1.54) is 3.97 Å². The Bertz CT molecular complexity index is 1680. The number of fused-ring (bicyclic) bond motifs is 3. The van der Waals surface area contributed by atoms with Crippen LogP contribution in [0.3, 0.4) is 0 Å². The highest BCUT2D eigenvalue weighted by Crippen LogP contribution is 2.44. The molecule has 0 saturated carbocycles. The number of amides is 1. The summed E-state index contributed by atoms with van der Waals surface area (Å²) in [5.41, 5.74) is 3.18. The van der Waals surface area contributed by atoms with E-state index in [9.17, 15) is 13.2 Å². The maximum absolute atomic E-state index is 13.5. The van der Waals surface area contributed by atoms with Crippen LogP contribution in [0.4, 0.5) is 4.79 Å². The normalized spacial score (nSPS) is 19.2. The van der Waals surface area contributed by atoms with Crippen LogP contribution in [0.5, 0.6) is 0 Å². The van der Waals surface area contributed by atoms with Crippen LogP contribution in [-0.4, -0.2) is 56.8 Å². The molecule has 2 aliphatic heterocycles. The van der Waals surface area contributed by atoms with Gasteiger partial charge in [-0.2, -0.15) is 5.10 Å². The van der Waals surface area contributed by atoms with Crippen molar-refractivity contribution in [2.45, 2.75) is 69.4 Å². The van der Waals surface area contributed by atoms with Crippen molar-refractivity contribution < 1.29 is 17.9 Å². The molecule has 3 aromatic heterocycles. The van der Waals surface area contributed by atoms with Crippen molar-refractivity contribution >= 4 is 27.1 Å².